The summed E-state index contributed by atoms with van der Waals surface area (Å²) >= 11 is 0. The summed E-state index contributed by atoms with van der Waals surface area (Å²) in [6, 6.07) is 13.7. The first-order chi connectivity index (χ1) is 16.6. The van der Waals surface area contributed by atoms with Gasteiger partial charge < -0.3 is 19.9 Å². The van der Waals surface area contributed by atoms with Crippen molar-refractivity contribution >= 4 is 28.5 Å². The van der Waals surface area contributed by atoms with E-state index < -0.39 is 0 Å². The van der Waals surface area contributed by atoms with E-state index >= 15 is 0 Å². The maximum Gasteiger partial charge on any atom is 0.253 e. The number of benzene rings is 2. The highest BCUT2D eigenvalue weighted by atomic mass is 16.5. The lowest BCUT2D eigenvalue weighted by atomic mass is 9.88. The molecule has 1 aliphatic rings. The average molecular weight is 463 g/mol. The van der Waals surface area contributed by atoms with E-state index in [1.165, 1.54) is 12.0 Å². The van der Waals surface area contributed by atoms with Gasteiger partial charge in [-0.25, -0.2) is 4.98 Å². The van der Waals surface area contributed by atoms with E-state index in [9.17, 15) is 9.59 Å². The molecule has 1 unspecified atom stereocenters. The quantitative estimate of drug-likeness (QED) is 0.481. The Kier molecular flexibility index (Phi) is 7.95. The number of hydrogen-bond donors (Lipinski definition) is 2. The number of imidazole rings is 1. The maximum atomic E-state index is 13.4. The van der Waals surface area contributed by atoms with Crippen molar-refractivity contribution in [2.24, 2.45) is 5.92 Å². The lowest BCUT2D eigenvalue weighted by Crippen LogP contribution is -2.28. The zero-order valence-corrected chi connectivity index (χ0v) is 20.0. The van der Waals surface area contributed by atoms with Crippen LogP contribution in [0, 0.1) is 5.92 Å². The van der Waals surface area contributed by atoms with Gasteiger partial charge in [-0.2, -0.15) is 0 Å². The molecule has 1 fully saturated rings. The Morgan fingerprint density at radius 1 is 1.15 bits per heavy atom. The maximum absolute atomic E-state index is 13.4. The zero-order valence-electron chi connectivity index (χ0n) is 20.0. The van der Waals surface area contributed by atoms with Gasteiger partial charge in [-0.05, 0) is 36.5 Å². The fraction of sp³-hybridized carbons (Fsp3) is 0.444. The number of carbonyl (C=O) groups is 2. The molecule has 0 saturated heterocycles. The molecule has 0 aliphatic heterocycles. The van der Waals surface area contributed by atoms with Gasteiger partial charge in [0.2, 0.25) is 5.91 Å². The molecule has 7 nitrogen and oxygen atoms in total. The van der Waals surface area contributed by atoms with Crippen LogP contribution in [0.15, 0.2) is 48.8 Å². The van der Waals surface area contributed by atoms with Crippen molar-refractivity contribution in [2.75, 3.05) is 25.6 Å². The molecule has 2 aromatic carbocycles. The highest BCUT2D eigenvalue weighted by Crippen LogP contribution is 2.28. The topological polar surface area (TPSA) is 85.2 Å². The Hall–Kier alpha value is -3.19. The second kappa shape index (κ2) is 11.3. The number of amides is 2. The van der Waals surface area contributed by atoms with E-state index in [-0.39, 0.29) is 23.7 Å². The molecule has 3 aromatic rings. The number of aromatic nitrogens is 2. The number of methoxy groups -OCH3 is 1. The predicted molar refractivity (Wildman–Crippen MR) is 134 cm³/mol. The predicted octanol–water partition coefficient (Wildman–Crippen LogP) is 4.74. The standard InChI is InChI=1S/C27H34N4O3/c1-19(20-9-5-3-6-10-20)17-28-27(33)23-15-22(30-26(32)21-11-7-4-8-12-21)16-24-25(23)31(18-29-24)13-14-34-2/h3,5-6,9-10,15-16,18-19,21H,4,7-8,11-14,17H2,1-2H3,(H,28,33)(H,30,32). The van der Waals surface area contributed by atoms with E-state index in [2.05, 4.69) is 34.7 Å². The Bertz CT molecular complexity index is 1120. The van der Waals surface area contributed by atoms with Crippen LogP contribution in [0.25, 0.3) is 11.0 Å². The fourth-order valence-electron chi connectivity index (χ4n) is 4.66. The number of carbonyl (C=O) groups excluding carboxylic acids is 2. The molecule has 2 amide bonds. The third-order valence-electron chi connectivity index (χ3n) is 6.68. The largest absolute Gasteiger partial charge is 0.383 e. The molecule has 2 N–H and O–H groups in total. The van der Waals surface area contributed by atoms with E-state index in [4.69, 9.17) is 4.74 Å². The summed E-state index contributed by atoms with van der Waals surface area (Å²) in [6.45, 7) is 3.70. The molecule has 1 aromatic heterocycles. The van der Waals surface area contributed by atoms with Gasteiger partial charge in [-0.15, -0.1) is 0 Å². The average Bonchev–Trinajstić information content (AvgIpc) is 3.29. The van der Waals surface area contributed by atoms with Gasteiger partial charge in [0.15, 0.2) is 0 Å². The van der Waals surface area contributed by atoms with Gasteiger partial charge >= 0.3 is 0 Å². The minimum absolute atomic E-state index is 0.0296. The van der Waals surface area contributed by atoms with Crippen LogP contribution in [0.4, 0.5) is 5.69 Å². The summed E-state index contributed by atoms with van der Waals surface area (Å²) in [6.07, 6.45) is 6.94. The molecule has 0 bridgehead atoms. The number of anilines is 1. The fourth-order valence-corrected chi connectivity index (χ4v) is 4.66. The molecule has 0 spiro atoms. The first kappa shape index (κ1) is 24.0. The summed E-state index contributed by atoms with van der Waals surface area (Å²) in [4.78, 5) is 30.7. The lowest BCUT2D eigenvalue weighted by molar-refractivity contribution is -0.120. The minimum atomic E-state index is -0.180. The van der Waals surface area contributed by atoms with E-state index in [0.29, 0.717) is 36.5 Å². The lowest BCUT2D eigenvalue weighted by Gasteiger charge is -2.21. The van der Waals surface area contributed by atoms with Crippen molar-refractivity contribution < 1.29 is 14.3 Å². The van der Waals surface area contributed by atoms with Crippen molar-refractivity contribution in [1.82, 2.24) is 14.9 Å². The van der Waals surface area contributed by atoms with Crippen LogP contribution in [-0.4, -0.2) is 41.6 Å². The summed E-state index contributed by atoms with van der Waals surface area (Å²) in [5.74, 6) is 0.0589. The molecule has 34 heavy (non-hydrogen) atoms. The van der Waals surface area contributed by atoms with Gasteiger partial charge in [-0.3, -0.25) is 9.59 Å². The summed E-state index contributed by atoms with van der Waals surface area (Å²) in [7, 11) is 1.65. The van der Waals surface area contributed by atoms with E-state index in [0.717, 1.165) is 31.2 Å². The van der Waals surface area contributed by atoms with Crippen LogP contribution in [0.2, 0.25) is 0 Å². The van der Waals surface area contributed by atoms with Crippen LogP contribution in [0.1, 0.15) is 60.9 Å². The molecule has 1 heterocycles. The first-order valence-corrected chi connectivity index (χ1v) is 12.2. The highest BCUT2D eigenvalue weighted by Gasteiger charge is 2.23. The summed E-state index contributed by atoms with van der Waals surface area (Å²) < 4.78 is 7.16. The van der Waals surface area contributed by atoms with Crippen molar-refractivity contribution in [1.29, 1.82) is 0 Å². The monoisotopic (exact) mass is 462 g/mol. The van der Waals surface area contributed by atoms with Crippen LogP contribution in [-0.2, 0) is 16.1 Å². The highest BCUT2D eigenvalue weighted by molar-refractivity contribution is 6.07. The van der Waals surface area contributed by atoms with Crippen molar-refractivity contribution in [3.05, 3.63) is 59.9 Å². The molecule has 180 valence electrons. The Morgan fingerprint density at radius 2 is 1.91 bits per heavy atom. The second-order valence-corrected chi connectivity index (χ2v) is 9.17. The van der Waals surface area contributed by atoms with Crippen molar-refractivity contribution in [3.8, 4) is 0 Å². The van der Waals surface area contributed by atoms with Crippen LogP contribution < -0.4 is 10.6 Å². The van der Waals surface area contributed by atoms with Gasteiger partial charge in [0.1, 0.15) is 0 Å². The molecule has 7 heteroatoms. The van der Waals surface area contributed by atoms with Crippen LogP contribution >= 0.6 is 0 Å². The van der Waals surface area contributed by atoms with E-state index in [1.54, 1.807) is 19.5 Å². The number of nitrogens with zero attached hydrogens (tertiary/aromatic N) is 2. The van der Waals surface area contributed by atoms with Crippen molar-refractivity contribution in [3.63, 3.8) is 0 Å². The Labute approximate surface area is 200 Å². The van der Waals surface area contributed by atoms with Crippen LogP contribution in [0.5, 0.6) is 0 Å². The number of ether oxygens (including phenoxy) is 1. The third kappa shape index (κ3) is 5.65. The third-order valence-corrected chi connectivity index (χ3v) is 6.68. The molecule has 1 saturated carbocycles. The number of fused-ring (bicyclic) bond motifs is 1. The number of rotatable bonds is 9. The van der Waals surface area contributed by atoms with Gasteiger partial charge in [-0.1, -0.05) is 56.5 Å². The minimum Gasteiger partial charge on any atom is -0.383 e. The molecule has 1 aliphatic carbocycles. The normalized spacial score (nSPS) is 15.2. The number of hydrogen-bond acceptors (Lipinski definition) is 4. The smallest absolute Gasteiger partial charge is 0.253 e. The van der Waals surface area contributed by atoms with Gasteiger partial charge in [0.25, 0.3) is 5.91 Å². The second-order valence-electron chi connectivity index (χ2n) is 9.17. The van der Waals surface area contributed by atoms with Gasteiger partial charge in [0, 0.05) is 31.8 Å². The summed E-state index contributed by atoms with van der Waals surface area (Å²) in [5.41, 5.74) is 3.72. The van der Waals surface area contributed by atoms with Crippen LogP contribution in [0.3, 0.4) is 0 Å². The summed E-state index contributed by atoms with van der Waals surface area (Å²) in [5, 5.41) is 6.13. The molecular weight excluding hydrogens is 428 g/mol. The molecular formula is C27H34N4O3. The Balaban J connectivity index is 1.58. The molecule has 0 radical (unpaired) electrons. The Morgan fingerprint density at radius 3 is 2.65 bits per heavy atom. The molecule has 4 rings (SSSR count). The number of nitrogens with one attached hydrogen (secondary N) is 2. The zero-order chi connectivity index (χ0) is 23.9. The van der Waals surface area contributed by atoms with Crippen molar-refractivity contribution in [2.45, 2.75) is 51.5 Å². The molecule has 1 atom stereocenters. The SMILES string of the molecule is COCCn1cnc2cc(NC(=O)C3CCCCC3)cc(C(=O)NCC(C)c3ccccc3)c21. The van der Waals surface area contributed by atoms with E-state index in [1.807, 2.05) is 28.8 Å². The first-order valence-electron chi connectivity index (χ1n) is 12.2. The van der Waals surface area contributed by atoms with Gasteiger partial charge in [0.05, 0.1) is 29.5 Å².